The molecule has 5 nitrogen and oxygen atoms in total. The molecule has 8 heteroatoms. The average molecular weight is 309 g/mol. The van der Waals surface area contributed by atoms with Crippen LogP contribution in [0, 0.1) is 29.6 Å². The molecular weight excluding hydrogens is 302 g/mol. The van der Waals surface area contributed by atoms with Gasteiger partial charge in [-0.25, -0.2) is 8.42 Å². The van der Waals surface area contributed by atoms with Crippen molar-refractivity contribution in [1.82, 2.24) is 3.12 Å². The summed E-state index contributed by atoms with van der Waals surface area (Å²) in [5.41, 5.74) is 0.953. The van der Waals surface area contributed by atoms with E-state index in [1.807, 2.05) is 19.1 Å². The molecule has 0 saturated heterocycles. The van der Waals surface area contributed by atoms with Crippen LogP contribution in [0.15, 0.2) is 39.0 Å². The van der Waals surface area contributed by atoms with Crippen molar-refractivity contribution >= 4 is 33.9 Å². The number of nitriles is 2. The van der Waals surface area contributed by atoms with Crippen molar-refractivity contribution < 1.29 is 8.42 Å². The van der Waals surface area contributed by atoms with Gasteiger partial charge in [0.2, 0.25) is 0 Å². The van der Waals surface area contributed by atoms with Gasteiger partial charge in [0.1, 0.15) is 21.9 Å². The van der Waals surface area contributed by atoms with Crippen LogP contribution in [0.4, 0.5) is 0 Å². The molecule has 0 atom stereocenters. The highest BCUT2D eigenvalue weighted by Crippen LogP contribution is 2.47. The van der Waals surface area contributed by atoms with Crippen molar-refractivity contribution in [3.05, 3.63) is 39.6 Å². The van der Waals surface area contributed by atoms with Crippen molar-refractivity contribution in [2.45, 2.75) is 11.8 Å². The quantitative estimate of drug-likeness (QED) is 0.780. The van der Waals surface area contributed by atoms with Crippen LogP contribution in [0.5, 0.6) is 0 Å². The molecule has 0 bridgehead atoms. The number of benzene rings is 1. The second-order valence-corrected chi connectivity index (χ2v) is 7.97. The van der Waals surface area contributed by atoms with Gasteiger partial charge in [-0.05, 0) is 43.0 Å². The molecule has 0 N–H and O–H groups in total. The molecule has 0 amide bonds. The minimum Gasteiger partial charge on any atom is -0.205 e. The number of hydrogen-bond donors (Lipinski definition) is 0. The first-order valence-electron chi connectivity index (χ1n) is 5.01. The fraction of sp³-hybridized carbons (Fsp3) is 0.0909. The lowest BCUT2D eigenvalue weighted by molar-refractivity contribution is 0.583. The van der Waals surface area contributed by atoms with E-state index >= 15 is 0 Å². The van der Waals surface area contributed by atoms with E-state index in [0.717, 1.165) is 32.6 Å². The molecule has 1 aliphatic rings. The Morgan fingerprint density at radius 2 is 1.53 bits per heavy atom. The number of aryl methyl sites for hydroxylation is 1. The molecule has 0 aliphatic carbocycles. The Bertz CT molecular complexity index is 698. The highest BCUT2D eigenvalue weighted by molar-refractivity contribution is 8.28. The minimum atomic E-state index is -3.73. The average Bonchev–Trinajstić information content (AvgIpc) is 2.83. The molecule has 0 aromatic heterocycles. The summed E-state index contributed by atoms with van der Waals surface area (Å²) in [7, 11) is -3.73. The summed E-state index contributed by atoms with van der Waals surface area (Å²) in [4.78, 5) is 0.334. The van der Waals surface area contributed by atoms with Gasteiger partial charge < -0.3 is 0 Å². The monoisotopic (exact) mass is 309 g/mol. The maximum absolute atomic E-state index is 12.3. The number of hydrogen-bond acceptors (Lipinski definition) is 6. The van der Waals surface area contributed by atoms with Crippen LogP contribution in [-0.4, -0.2) is 11.5 Å². The van der Waals surface area contributed by atoms with Crippen LogP contribution >= 0.6 is 23.9 Å². The lowest BCUT2D eigenvalue weighted by Crippen LogP contribution is -2.15. The molecule has 0 fully saturated rings. The molecule has 0 spiro atoms. The minimum absolute atomic E-state index is 0.100. The van der Waals surface area contributed by atoms with Gasteiger partial charge in [0, 0.05) is 0 Å². The van der Waals surface area contributed by atoms with Gasteiger partial charge in [-0.15, -0.1) is 0 Å². The first-order chi connectivity index (χ1) is 8.98. The van der Waals surface area contributed by atoms with E-state index in [4.69, 9.17) is 10.5 Å². The van der Waals surface area contributed by atoms with E-state index in [2.05, 4.69) is 0 Å². The van der Waals surface area contributed by atoms with Crippen molar-refractivity contribution in [1.29, 1.82) is 10.5 Å². The third kappa shape index (κ3) is 2.62. The standard InChI is InChI=1S/C11H7N3O2S3/c1-8-2-4-9(5-3-8)19(15,16)14-17-10(6-12)11(7-13)18-14/h2-5H,1H3. The smallest absolute Gasteiger partial charge is 0.205 e. The Morgan fingerprint density at radius 3 is 1.95 bits per heavy atom. The van der Waals surface area contributed by atoms with Gasteiger partial charge in [0.15, 0.2) is 0 Å². The SMILES string of the molecule is Cc1ccc(S(=O)(=O)N2SC(C#N)=C(C#N)S2)cc1. The Labute approximate surface area is 119 Å². The van der Waals surface area contributed by atoms with E-state index in [1.54, 1.807) is 12.1 Å². The van der Waals surface area contributed by atoms with E-state index in [0.29, 0.717) is 0 Å². The molecule has 1 aromatic rings. The third-order valence-corrected chi connectivity index (χ3v) is 6.97. The molecule has 0 unspecified atom stereocenters. The maximum Gasteiger partial charge on any atom is 0.262 e. The van der Waals surface area contributed by atoms with Crippen molar-refractivity contribution in [3.8, 4) is 12.1 Å². The number of allylic oxidation sites excluding steroid dienone is 2. The lowest BCUT2D eigenvalue weighted by Gasteiger charge is -2.12. The van der Waals surface area contributed by atoms with Gasteiger partial charge in [0.05, 0.1) is 4.90 Å². The predicted molar refractivity (Wildman–Crippen MR) is 73.6 cm³/mol. The first-order valence-corrected chi connectivity index (χ1v) is 8.00. The zero-order valence-corrected chi connectivity index (χ0v) is 12.1. The third-order valence-electron chi connectivity index (χ3n) is 2.26. The van der Waals surface area contributed by atoms with E-state index in [1.165, 1.54) is 12.1 Å². The van der Waals surface area contributed by atoms with Crippen molar-refractivity contribution in [2.24, 2.45) is 0 Å². The lowest BCUT2D eigenvalue weighted by atomic mass is 10.2. The highest BCUT2D eigenvalue weighted by atomic mass is 32.3. The Morgan fingerprint density at radius 1 is 1.05 bits per heavy atom. The molecule has 96 valence electrons. The van der Waals surface area contributed by atoms with Gasteiger partial charge in [-0.1, -0.05) is 20.8 Å². The zero-order valence-electron chi connectivity index (χ0n) is 9.69. The number of nitrogens with zero attached hydrogens (tertiary/aromatic N) is 3. The van der Waals surface area contributed by atoms with Crippen molar-refractivity contribution in [3.63, 3.8) is 0 Å². The maximum atomic E-state index is 12.3. The van der Waals surface area contributed by atoms with Crippen LogP contribution in [-0.2, 0) is 10.0 Å². The van der Waals surface area contributed by atoms with Crippen LogP contribution in [0.25, 0.3) is 0 Å². The largest absolute Gasteiger partial charge is 0.262 e. The summed E-state index contributed by atoms with van der Waals surface area (Å²) >= 11 is 1.51. The van der Waals surface area contributed by atoms with Gasteiger partial charge in [-0.3, -0.25) is 0 Å². The van der Waals surface area contributed by atoms with Crippen LogP contribution in [0.2, 0.25) is 0 Å². The van der Waals surface area contributed by atoms with Crippen LogP contribution in [0.3, 0.4) is 0 Å². The molecule has 0 radical (unpaired) electrons. The number of rotatable bonds is 2. The second-order valence-electron chi connectivity index (χ2n) is 3.58. The molecule has 2 rings (SSSR count). The first kappa shape index (κ1) is 14.0. The molecule has 0 saturated carbocycles. The summed E-state index contributed by atoms with van der Waals surface area (Å²) in [6.45, 7) is 1.86. The van der Waals surface area contributed by atoms with Crippen LogP contribution in [0.1, 0.15) is 5.56 Å². The molecule has 1 aromatic carbocycles. The molecule has 1 aliphatic heterocycles. The van der Waals surface area contributed by atoms with Gasteiger partial charge in [-0.2, -0.15) is 10.5 Å². The topological polar surface area (TPSA) is 85.0 Å². The summed E-state index contributed by atoms with van der Waals surface area (Å²) < 4.78 is 25.6. The predicted octanol–water partition coefficient (Wildman–Crippen LogP) is 2.55. The van der Waals surface area contributed by atoms with E-state index < -0.39 is 10.0 Å². The van der Waals surface area contributed by atoms with Crippen molar-refractivity contribution in [2.75, 3.05) is 0 Å². The summed E-state index contributed by atoms with van der Waals surface area (Å²) in [6.07, 6.45) is 0. The summed E-state index contributed by atoms with van der Waals surface area (Å²) in [5, 5.41) is 17.7. The van der Waals surface area contributed by atoms with Crippen LogP contribution < -0.4 is 0 Å². The van der Waals surface area contributed by atoms with E-state index in [-0.39, 0.29) is 14.7 Å². The Balaban J connectivity index is 2.33. The number of sulfonamides is 1. The van der Waals surface area contributed by atoms with Gasteiger partial charge >= 0.3 is 0 Å². The normalized spacial score (nSPS) is 16.2. The second kappa shape index (κ2) is 5.27. The Kier molecular flexibility index (Phi) is 3.88. The highest BCUT2D eigenvalue weighted by Gasteiger charge is 2.35. The molecule has 19 heavy (non-hydrogen) atoms. The summed E-state index contributed by atoms with van der Waals surface area (Å²) in [5.74, 6) is 0. The molecule has 1 heterocycles. The molecular formula is C11H7N3O2S3. The summed E-state index contributed by atoms with van der Waals surface area (Å²) in [6, 6.07) is 10.0. The Hall–Kier alpha value is -1.45. The van der Waals surface area contributed by atoms with E-state index in [9.17, 15) is 8.42 Å². The fourth-order valence-corrected chi connectivity index (χ4v) is 5.14. The zero-order chi connectivity index (χ0) is 14.0. The fourth-order valence-electron chi connectivity index (χ4n) is 1.29. The van der Waals surface area contributed by atoms with Gasteiger partial charge in [0.25, 0.3) is 10.0 Å².